The summed E-state index contributed by atoms with van der Waals surface area (Å²) in [6.07, 6.45) is 5.72. The molecular formula is C14H16ClN3. The van der Waals surface area contributed by atoms with Crippen LogP contribution in [-0.2, 0) is 0 Å². The molecule has 1 N–H and O–H groups in total. The van der Waals surface area contributed by atoms with Gasteiger partial charge in [0.05, 0.1) is 0 Å². The maximum absolute atomic E-state index is 5.91. The quantitative estimate of drug-likeness (QED) is 0.848. The molecule has 2 aromatic rings. The zero-order valence-corrected chi connectivity index (χ0v) is 11.2. The predicted octanol–water partition coefficient (Wildman–Crippen LogP) is 3.92. The molecule has 1 heterocycles. The van der Waals surface area contributed by atoms with E-state index >= 15 is 0 Å². The number of hydrogen-bond donors (Lipinski definition) is 1. The molecule has 0 saturated carbocycles. The Morgan fingerprint density at radius 3 is 2.56 bits per heavy atom. The Balaban J connectivity index is 2.28. The van der Waals surface area contributed by atoms with Crippen LogP contribution >= 0.6 is 11.6 Å². The largest absolute Gasteiger partial charge is 0.263 e. The van der Waals surface area contributed by atoms with Gasteiger partial charge < -0.3 is 0 Å². The highest BCUT2D eigenvalue weighted by Gasteiger charge is 2.20. The van der Waals surface area contributed by atoms with Gasteiger partial charge in [-0.15, -0.1) is 0 Å². The fourth-order valence-electron chi connectivity index (χ4n) is 2.05. The Morgan fingerprint density at radius 1 is 1.28 bits per heavy atom. The summed E-state index contributed by atoms with van der Waals surface area (Å²) in [6, 6.07) is 7.95. The number of H-pyrrole nitrogens is 1. The number of halogens is 1. The van der Waals surface area contributed by atoms with Crippen molar-refractivity contribution in [2.45, 2.75) is 25.7 Å². The lowest BCUT2D eigenvalue weighted by Gasteiger charge is -2.19. The van der Waals surface area contributed by atoms with E-state index in [0.29, 0.717) is 5.92 Å². The van der Waals surface area contributed by atoms with Gasteiger partial charge in [0.25, 0.3) is 0 Å². The number of hydrogen-bond acceptors (Lipinski definition) is 2. The first-order valence-electron chi connectivity index (χ1n) is 5.96. The van der Waals surface area contributed by atoms with E-state index in [1.54, 1.807) is 6.33 Å². The summed E-state index contributed by atoms with van der Waals surface area (Å²) >= 11 is 5.91. The predicted molar refractivity (Wildman–Crippen MR) is 73.8 cm³/mol. The monoisotopic (exact) mass is 261 g/mol. The molecule has 94 valence electrons. The molecule has 0 aliphatic heterocycles. The molecule has 1 aromatic carbocycles. The molecule has 2 atom stereocenters. The Hall–Kier alpha value is -1.61. The number of aromatic amines is 1. The fraction of sp³-hybridized carbons (Fsp3) is 0.286. The maximum atomic E-state index is 5.91. The average molecular weight is 262 g/mol. The second-order valence-electron chi connectivity index (χ2n) is 4.26. The van der Waals surface area contributed by atoms with E-state index in [4.69, 9.17) is 11.6 Å². The lowest BCUT2D eigenvalue weighted by Crippen LogP contribution is -2.08. The lowest BCUT2D eigenvalue weighted by molar-refractivity contribution is 0.640. The van der Waals surface area contributed by atoms with Gasteiger partial charge in [-0.1, -0.05) is 42.8 Å². The molecule has 3 nitrogen and oxygen atoms in total. The van der Waals surface area contributed by atoms with Crippen LogP contribution in [0.4, 0.5) is 0 Å². The summed E-state index contributed by atoms with van der Waals surface area (Å²) in [4.78, 5) is 4.26. The number of benzene rings is 1. The smallest absolute Gasteiger partial charge is 0.137 e. The van der Waals surface area contributed by atoms with Crippen LogP contribution in [0.2, 0.25) is 5.02 Å². The Kier molecular flexibility index (Phi) is 4.15. The van der Waals surface area contributed by atoms with Crippen LogP contribution in [0, 0.1) is 0 Å². The summed E-state index contributed by atoms with van der Waals surface area (Å²) in [5.74, 6) is 1.39. The summed E-state index contributed by atoms with van der Waals surface area (Å²) in [5, 5.41) is 7.63. The Bertz CT molecular complexity index is 502. The van der Waals surface area contributed by atoms with Crippen molar-refractivity contribution >= 4 is 11.6 Å². The highest BCUT2D eigenvalue weighted by atomic mass is 35.5. The van der Waals surface area contributed by atoms with Gasteiger partial charge in [0, 0.05) is 10.9 Å². The molecule has 0 amide bonds. The van der Waals surface area contributed by atoms with Gasteiger partial charge in [-0.2, -0.15) is 5.10 Å². The third-order valence-corrected chi connectivity index (χ3v) is 3.34. The van der Waals surface area contributed by atoms with Crippen LogP contribution in [-0.4, -0.2) is 15.2 Å². The number of nitrogens with one attached hydrogen (secondary N) is 1. The molecule has 18 heavy (non-hydrogen) atoms. The van der Waals surface area contributed by atoms with Crippen LogP contribution in [0.25, 0.3) is 0 Å². The van der Waals surface area contributed by atoms with E-state index in [-0.39, 0.29) is 5.92 Å². The third-order valence-electron chi connectivity index (χ3n) is 3.08. The van der Waals surface area contributed by atoms with E-state index in [9.17, 15) is 0 Å². The van der Waals surface area contributed by atoms with Gasteiger partial charge in [0.2, 0.25) is 0 Å². The lowest BCUT2D eigenvalue weighted by atomic mass is 9.87. The van der Waals surface area contributed by atoms with Crippen molar-refractivity contribution in [2.75, 3.05) is 0 Å². The summed E-state index contributed by atoms with van der Waals surface area (Å²) in [5.41, 5.74) is 1.24. The van der Waals surface area contributed by atoms with Crippen molar-refractivity contribution in [1.82, 2.24) is 15.2 Å². The SMILES string of the molecule is CC=CC(c1ncn[nH]1)C(C)c1ccc(Cl)cc1. The van der Waals surface area contributed by atoms with Crippen LogP contribution in [0.1, 0.15) is 37.1 Å². The van der Waals surface area contributed by atoms with Crippen molar-refractivity contribution in [1.29, 1.82) is 0 Å². The number of allylic oxidation sites excluding steroid dienone is 2. The van der Waals surface area contributed by atoms with Crippen molar-refractivity contribution < 1.29 is 0 Å². The zero-order chi connectivity index (χ0) is 13.0. The van der Waals surface area contributed by atoms with Gasteiger partial charge in [-0.05, 0) is 30.5 Å². The van der Waals surface area contributed by atoms with E-state index < -0.39 is 0 Å². The molecule has 0 fully saturated rings. The minimum Gasteiger partial charge on any atom is -0.263 e. The Morgan fingerprint density at radius 2 is 2.00 bits per heavy atom. The topological polar surface area (TPSA) is 41.6 Å². The highest BCUT2D eigenvalue weighted by Crippen LogP contribution is 2.32. The summed E-state index contributed by atoms with van der Waals surface area (Å²) < 4.78 is 0. The average Bonchev–Trinajstić information content (AvgIpc) is 2.90. The molecule has 0 spiro atoms. The molecule has 2 unspecified atom stereocenters. The molecule has 0 radical (unpaired) electrons. The highest BCUT2D eigenvalue weighted by molar-refractivity contribution is 6.30. The number of nitrogens with zero attached hydrogens (tertiary/aromatic N) is 2. The fourth-order valence-corrected chi connectivity index (χ4v) is 2.18. The molecule has 0 aliphatic rings. The van der Waals surface area contributed by atoms with Crippen LogP contribution in [0.3, 0.4) is 0 Å². The minimum atomic E-state index is 0.193. The molecule has 0 bridgehead atoms. The van der Waals surface area contributed by atoms with Crippen LogP contribution < -0.4 is 0 Å². The number of aromatic nitrogens is 3. The normalized spacial score (nSPS) is 14.8. The molecule has 4 heteroatoms. The van der Waals surface area contributed by atoms with Gasteiger partial charge in [-0.25, -0.2) is 4.98 Å². The Labute approximate surface area is 112 Å². The first-order valence-corrected chi connectivity index (χ1v) is 6.33. The van der Waals surface area contributed by atoms with E-state index in [2.05, 4.69) is 40.3 Å². The summed E-state index contributed by atoms with van der Waals surface area (Å²) in [7, 11) is 0. The molecular weight excluding hydrogens is 246 g/mol. The van der Waals surface area contributed by atoms with Gasteiger partial charge in [0.1, 0.15) is 12.2 Å². The van der Waals surface area contributed by atoms with Gasteiger partial charge in [0.15, 0.2) is 0 Å². The summed E-state index contributed by atoms with van der Waals surface area (Å²) in [6.45, 7) is 4.19. The second kappa shape index (κ2) is 5.83. The van der Waals surface area contributed by atoms with E-state index in [0.717, 1.165) is 10.8 Å². The van der Waals surface area contributed by atoms with Crippen LogP contribution in [0.15, 0.2) is 42.7 Å². The van der Waals surface area contributed by atoms with Crippen molar-refractivity contribution in [3.63, 3.8) is 0 Å². The van der Waals surface area contributed by atoms with E-state index in [1.165, 1.54) is 5.56 Å². The van der Waals surface area contributed by atoms with Crippen molar-refractivity contribution in [2.24, 2.45) is 0 Å². The van der Waals surface area contributed by atoms with E-state index in [1.807, 2.05) is 25.1 Å². The third kappa shape index (κ3) is 2.79. The second-order valence-corrected chi connectivity index (χ2v) is 4.70. The number of rotatable bonds is 4. The molecule has 1 aromatic heterocycles. The maximum Gasteiger partial charge on any atom is 0.137 e. The molecule has 0 saturated heterocycles. The first kappa shape index (κ1) is 12.8. The molecule has 0 aliphatic carbocycles. The van der Waals surface area contributed by atoms with Crippen molar-refractivity contribution in [3.05, 3.63) is 59.2 Å². The standard InChI is InChI=1S/C14H16ClN3/c1-3-4-13(14-16-9-17-18-14)10(2)11-5-7-12(15)8-6-11/h3-10,13H,1-2H3,(H,16,17,18). The van der Waals surface area contributed by atoms with Gasteiger partial charge in [-0.3, -0.25) is 5.10 Å². The van der Waals surface area contributed by atoms with Crippen LogP contribution in [0.5, 0.6) is 0 Å². The first-order chi connectivity index (χ1) is 8.72. The minimum absolute atomic E-state index is 0.193. The van der Waals surface area contributed by atoms with Crippen molar-refractivity contribution in [3.8, 4) is 0 Å². The van der Waals surface area contributed by atoms with Gasteiger partial charge >= 0.3 is 0 Å². The molecule has 2 rings (SSSR count). The zero-order valence-electron chi connectivity index (χ0n) is 10.5.